The number of anilines is 1. The molecule has 0 saturated heterocycles. The molecule has 0 spiro atoms. The molecule has 1 aromatic carbocycles. The second-order valence-electron chi connectivity index (χ2n) is 4.75. The molecular formula is C14H20N2O2. The van der Waals surface area contributed by atoms with Gasteiger partial charge in [-0.3, -0.25) is 4.79 Å². The summed E-state index contributed by atoms with van der Waals surface area (Å²) < 4.78 is 0. The summed E-state index contributed by atoms with van der Waals surface area (Å²) in [5, 5.41) is 15.3. The maximum atomic E-state index is 12.2. The number of benzene rings is 1. The lowest BCUT2D eigenvalue weighted by atomic mass is 10.0. The van der Waals surface area contributed by atoms with Gasteiger partial charge < -0.3 is 15.7 Å². The first-order valence-electron chi connectivity index (χ1n) is 6.44. The molecule has 2 unspecified atom stereocenters. The highest BCUT2D eigenvalue weighted by molar-refractivity contribution is 5.99. The molecular weight excluding hydrogens is 228 g/mol. The summed E-state index contributed by atoms with van der Waals surface area (Å²) in [5.74, 6) is 0.140. The molecule has 98 valence electrons. The van der Waals surface area contributed by atoms with E-state index in [9.17, 15) is 9.90 Å². The first kappa shape index (κ1) is 12.9. The van der Waals surface area contributed by atoms with Crippen molar-refractivity contribution in [2.24, 2.45) is 5.92 Å². The van der Waals surface area contributed by atoms with Crippen LogP contribution in [0, 0.1) is 5.92 Å². The van der Waals surface area contributed by atoms with E-state index in [2.05, 4.69) is 10.6 Å². The molecule has 0 heterocycles. The number of para-hydroxylation sites is 1. The Bertz CT molecular complexity index is 420. The normalized spacial score (nSPS) is 22.8. The minimum atomic E-state index is -0.0645. The van der Waals surface area contributed by atoms with Crippen LogP contribution in [0.25, 0.3) is 0 Å². The van der Waals surface area contributed by atoms with Crippen molar-refractivity contribution in [1.82, 2.24) is 5.32 Å². The molecule has 4 nitrogen and oxygen atoms in total. The molecule has 1 amide bonds. The van der Waals surface area contributed by atoms with Crippen molar-refractivity contribution >= 4 is 11.6 Å². The maximum Gasteiger partial charge on any atom is 0.253 e. The summed E-state index contributed by atoms with van der Waals surface area (Å²) in [6.45, 7) is 0.151. The van der Waals surface area contributed by atoms with Gasteiger partial charge in [-0.15, -0.1) is 0 Å². The Labute approximate surface area is 107 Å². The van der Waals surface area contributed by atoms with Gasteiger partial charge in [0.1, 0.15) is 0 Å². The van der Waals surface area contributed by atoms with Crippen LogP contribution in [0.4, 0.5) is 5.69 Å². The number of amides is 1. The van der Waals surface area contributed by atoms with E-state index < -0.39 is 0 Å². The van der Waals surface area contributed by atoms with E-state index in [1.54, 1.807) is 7.05 Å². The maximum absolute atomic E-state index is 12.2. The Morgan fingerprint density at radius 1 is 1.39 bits per heavy atom. The average Bonchev–Trinajstić information content (AvgIpc) is 2.85. The van der Waals surface area contributed by atoms with Gasteiger partial charge in [-0.1, -0.05) is 18.6 Å². The summed E-state index contributed by atoms with van der Waals surface area (Å²) in [4.78, 5) is 12.2. The van der Waals surface area contributed by atoms with Crippen LogP contribution in [0.5, 0.6) is 0 Å². The number of carbonyl (C=O) groups is 1. The summed E-state index contributed by atoms with van der Waals surface area (Å²) in [6, 6.07) is 7.55. The van der Waals surface area contributed by atoms with Gasteiger partial charge in [0.15, 0.2) is 0 Å². The van der Waals surface area contributed by atoms with Crippen molar-refractivity contribution in [3.05, 3.63) is 29.8 Å². The minimum absolute atomic E-state index is 0.0645. The highest BCUT2D eigenvalue weighted by atomic mass is 16.3. The van der Waals surface area contributed by atoms with Crippen LogP contribution >= 0.6 is 0 Å². The van der Waals surface area contributed by atoms with Gasteiger partial charge >= 0.3 is 0 Å². The molecule has 2 atom stereocenters. The van der Waals surface area contributed by atoms with Crippen LogP contribution < -0.4 is 10.6 Å². The van der Waals surface area contributed by atoms with Crippen molar-refractivity contribution in [3.63, 3.8) is 0 Å². The molecule has 0 aromatic heterocycles. The number of carbonyl (C=O) groups excluding carboxylic acids is 1. The van der Waals surface area contributed by atoms with Gasteiger partial charge in [0.05, 0.1) is 5.56 Å². The molecule has 0 aliphatic heterocycles. The van der Waals surface area contributed by atoms with Crippen molar-refractivity contribution in [3.8, 4) is 0 Å². The molecule has 0 bridgehead atoms. The number of hydrogen-bond donors (Lipinski definition) is 3. The SMILES string of the molecule is CNc1ccccc1C(=O)NC1CCCC1CO. The number of aliphatic hydroxyl groups excluding tert-OH is 1. The first-order valence-corrected chi connectivity index (χ1v) is 6.44. The fourth-order valence-electron chi connectivity index (χ4n) is 2.59. The van der Waals surface area contributed by atoms with Gasteiger partial charge in [0.25, 0.3) is 5.91 Å². The Hall–Kier alpha value is -1.55. The zero-order chi connectivity index (χ0) is 13.0. The Morgan fingerprint density at radius 2 is 2.17 bits per heavy atom. The highest BCUT2D eigenvalue weighted by Crippen LogP contribution is 2.25. The molecule has 1 aromatic rings. The van der Waals surface area contributed by atoms with Crippen LogP contribution in [0.1, 0.15) is 29.6 Å². The van der Waals surface area contributed by atoms with E-state index in [4.69, 9.17) is 0 Å². The first-order chi connectivity index (χ1) is 8.76. The summed E-state index contributed by atoms with van der Waals surface area (Å²) >= 11 is 0. The van der Waals surface area contributed by atoms with Gasteiger partial charge in [-0.25, -0.2) is 0 Å². The Morgan fingerprint density at radius 3 is 2.89 bits per heavy atom. The largest absolute Gasteiger partial charge is 0.396 e. The summed E-state index contributed by atoms with van der Waals surface area (Å²) in [7, 11) is 1.80. The van der Waals surface area contributed by atoms with E-state index >= 15 is 0 Å². The number of nitrogens with one attached hydrogen (secondary N) is 2. The van der Waals surface area contributed by atoms with Crippen molar-refractivity contribution < 1.29 is 9.90 Å². The molecule has 3 N–H and O–H groups in total. The lowest BCUT2D eigenvalue weighted by molar-refractivity contribution is 0.0917. The standard InChI is InChI=1S/C14H20N2O2/c1-15-13-7-3-2-6-11(13)14(18)16-12-8-4-5-10(12)9-17/h2-3,6-7,10,12,15,17H,4-5,8-9H2,1H3,(H,16,18). The van der Waals surface area contributed by atoms with Gasteiger partial charge in [-0.2, -0.15) is 0 Å². The molecule has 2 rings (SSSR count). The van der Waals surface area contributed by atoms with E-state index in [1.165, 1.54) is 0 Å². The van der Waals surface area contributed by atoms with Crippen LogP contribution in [-0.2, 0) is 0 Å². The molecule has 1 aliphatic carbocycles. The second kappa shape index (κ2) is 5.87. The summed E-state index contributed by atoms with van der Waals surface area (Å²) in [5.41, 5.74) is 1.48. The summed E-state index contributed by atoms with van der Waals surface area (Å²) in [6.07, 6.45) is 3.03. The van der Waals surface area contributed by atoms with Gasteiger partial charge in [0.2, 0.25) is 0 Å². The fraction of sp³-hybridized carbons (Fsp3) is 0.500. The number of aliphatic hydroxyl groups is 1. The second-order valence-corrected chi connectivity index (χ2v) is 4.75. The Kier molecular flexibility index (Phi) is 4.20. The van der Waals surface area contributed by atoms with E-state index in [1.807, 2.05) is 24.3 Å². The van der Waals surface area contributed by atoms with Crippen molar-refractivity contribution in [2.75, 3.05) is 19.0 Å². The minimum Gasteiger partial charge on any atom is -0.396 e. The van der Waals surface area contributed by atoms with E-state index in [0.717, 1.165) is 24.9 Å². The van der Waals surface area contributed by atoms with Crippen LogP contribution in [0.2, 0.25) is 0 Å². The predicted molar refractivity (Wildman–Crippen MR) is 71.7 cm³/mol. The van der Waals surface area contributed by atoms with Crippen LogP contribution in [0.15, 0.2) is 24.3 Å². The van der Waals surface area contributed by atoms with Crippen molar-refractivity contribution in [1.29, 1.82) is 0 Å². The molecule has 1 fully saturated rings. The zero-order valence-electron chi connectivity index (χ0n) is 10.6. The van der Waals surface area contributed by atoms with Crippen molar-refractivity contribution in [2.45, 2.75) is 25.3 Å². The zero-order valence-corrected chi connectivity index (χ0v) is 10.6. The third-order valence-corrected chi connectivity index (χ3v) is 3.65. The highest BCUT2D eigenvalue weighted by Gasteiger charge is 2.28. The lowest BCUT2D eigenvalue weighted by Crippen LogP contribution is -2.38. The van der Waals surface area contributed by atoms with E-state index in [-0.39, 0.29) is 24.5 Å². The fourth-order valence-corrected chi connectivity index (χ4v) is 2.59. The van der Waals surface area contributed by atoms with Gasteiger partial charge in [0, 0.05) is 31.3 Å². The predicted octanol–water partition coefficient (Wildman–Crippen LogP) is 1.62. The Balaban J connectivity index is 2.07. The molecule has 18 heavy (non-hydrogen) atoms. The van der Waals surface area contributed by atoms with Gasteiger partial charge in [-0.05, 0) is 25.0 Å². The smallest absolute Gasteiger partial charge is 0.253 e. The number of rotatable bonds is 4. The van der Waals surface area contributed by atoms with Crippen LogP contribution in [-0.4, -0.2) is 30.7 Å². The quantitative estimate of drug-likeness (QED) is 0.758. The third-order valence-electron chi connectivity index (χ3n) is 3.65. The number of hydrogen-bond acceptors (Lipinski definition) is 3. The molecule has 4 heteroatoms. The topological polar surface area (TPSA) is 61.4 Å². The lowest BCUT2D eigenvalue weighted by Gasteiger charge is -2.19. The molecule has 0 radical (unpaired) electrons. The molecule has 1 aliphatic rings. The third kappa shape index (κ3) is 2.64. The monoisotopic (exact) mass is 248 g/mol. The van der Waals surface area contributed by atoms with E-state index in [0.29, 0.717) is 5.56 Å². The van der Waals surface area contributed by atoms with Crippen LogP contribution in [0.3, 0.4) is 0 Å². The molecule has 1 saturated carbocycles. The average molecular weight is 248 g/mol.